The first-order chi connectivity index (χ1) is 35.0. The van der Waals surface area contributed by atoms with Gasteiger partial charge in [0.2, 0.25) is 0 Å². The second-order valence-corrected chi connectivity index (χ2v) is 60.1. The van der Waals surface area contributed by atoms with Crippen LogP contribution in [0.5, 0.6) is 0 Å². The lowest BCUT2D eigenvalue weighted by Crippen LogP contribution is -2.62. The van der Waals surface area contributed by atoms with E-state index in [0.29, 0.717) is 0 Å². The summed E-state index contributed by atoms with van der Waals surface area (Å²) in [7, 11) is 2.89. The smallest absolute Gasteiger partial charge is 0.412 e. The van der Waals surface area contributed by atoms with Crippen molar-refractivity contribution in [1.82, 2.24) is 0 Å². The summed E-state index contributed by atoms with van der Waals surface area (Å²) in [5.41, 5.74) is 0. The topological polar surface area (TPSA) is 120 Å². The van der Waals surface area contributed by atoms with Crippen LogP contribution in [0, 0.1) is 0 Å². The molecule has 0 aliphatic heterocycles. The zero-order valence-electron chi connectivity index (χ0n) is 50.4. The van der Waals surface area contributed by atoms with Gasteiger partial charge in [-0.1, -0.05) is 169 Å². The van der Waals surface area contributed by atoms with Crippen LogP contribution in [-0.2, 0) is 56.9 Å². The molecule has 0 N–H and O–H groups in total. The SMILES string of the molecule is CO[Si](C)(CCCS)O[Si](OC)(OC)c1ccc([Si](C)(C)C)cc1.CO[Si](CCCSSCCC[Si](C)(C)O[Si](OC)(OC)c1ccc([Si](C)(C)C)cc1)(OC)OC.CO[Si](OC)(OC)c1ccc([Si](C)(C)C)cc1. The van der Waals surface area contributed by atoms with Crippen LogP contribution in [0.4, 0.5) is 0 Å². The first-order valence-electron chi connectivity index (χ1n) is 25.6. The summed E-state index contributed by atoms with van der Waals surface area (Å²) in [6.45, 7) is 27.7. The first kappa shape index (κ1) is 73.2. The highest BCUT2D eigenvalue weighted by molar-refractivity contribution is 8.76. The maximum atomic E-state index is 6.75. The van der Waals surface area contributed by atoms with Gasteiger partial charge in [-0.3, -0.25) is 0 Å². The Hall–Kier alpha value is 0.142. The van der Waals surface area contributed by atoms with Gasteiger partial charge in [0.25, 0.3) is 0 Å². The van der Waals surface area contributed by atoms with E-state index in [-0.39, 0.29) is 0 Å². The molecular formula is C50H100O13S3Si9. The van der Waals surface area contributed by atoms with Crippen molar-refractivity contribution in [3.63, 3.8) is 0 Å². The molecule has 0 amide bonds. The number of thiol groups is 1. The van der Waals surface area contributed by atoms with Crippen LogP contribution >= 0.6 is 34.2 Å². The van der Waals surface area contributed by atoms with Crippen LogP contribution < -0.4 is 31.1 Å². The molecule has 0 fully saturated rings. The molecule has 0 saturated carbocycles. The molecule has 0 aromatic heterocycles. The Morgan fingerprint density at radius 1 is 0.333 bits per heavy atom. The van der Waals surface area contributed by atoms with Gasteiger partial charge in [-0.05, 0) is 56.7 Å². The highest BCUT2D eigenvalue weighted by Crippen LogP contribution is 2.29. The van der Waals surface area contributed by atoms with Crippen molar-refractivity contribution < 1.29 is 56.9 Å². The molecule has 0 radical (unpaired) electrons. The molecule has 3 aromatic carbocycles. The molecule has 13 nitrogen and oxygen atoms in total. The Bertz CT molecular complexity index is 1980. The molecule has 0 bridgehead atoms. The summed E-state index contributed by atoms with van der Waals surface area (Å²) >= 11 is 4.30. The summed E-state index contributed by atoms with van der Waals surface area (Å²) < 4.78 is 75.4. The molecule has 0 aliphatic carbocycles. The van der Waals surface area contributed by atoms with Gasteiger partial charge in [0.15, 0.2) is 8.32 Å². The molecule has 0 aliphatic rings. The van der Waals surface area contributed by atoms with E-state index >= 15 is 0 Å². The maximum Gasteiger partial charge on any atom is 0.536 e. The molecule has 0 spiro atoms. The van der Waals surface area contributed by atoms with Crippen molar-refractivity contribution >= 4 is 142 Å². The van der Waals surface area contributed by atoms with Crippen LogP contribution in [0.1, 0.15) is 19.3 Å². The van der Waals surface area contributed by atoms with Gasteiger partial charge in [-0.15, -0.1) is 0 Å². The van der Waals surface area contributed by atoms with Gasteiger partial charge in [-0.25, -0.2) is 0 Å². The predicted molar refractivity (Wildman–Crippen MR) is 346 cm³/mol. The van der Waals surface area contributed by atoms with Crippen LogP contribution in [0.15, 0.2) is 72.8 Å². The Morgan fingerprint density at radius 2 is 0.627 bits per heavy atom. The molecule has 3 aromatic rings. The minimum absolute atomic E-state index is 0.814. The van der Waals surface area contributed by atoms with Gasteiger partial charge in [-0.2, -0.15) is 12.6 Å². The van der Waals surface area contributed by atoms with E-state index in [4.69, 9.17) is 56.9 Å². The van der Waals surface area contributed by atoms with E-state index in [1.807, 2.05) is 21.6 Å². The highest BCUT2D eigenvalue weighted by Gasteiger charge is 2.50. The summed E-state index contributed by atoms with van der Waals surface area (Å²) in [4.78, 5) is 0. The molecule has 25 heteroatoms. The van der Waals surface area contributed by atoms with Gasteiger partial charge in [0, 0.05) is 111 Å². The predicted octanol–water partition coefficient (Wildman–Crippen LogP) is 8.97. The second kappa shape index (κ2) is 33.9. The summed E-state index contributed by atoms with van der Waals surface area (Å²) in [5, 5.41) is 7.30. The third kappa shape index (κ3) is 23.1. The molecular weight excluding hydrogens is 1160 g/mol. The molecule has 0 heterocycles. The van der Waals surface area contributed by atoms with E-state index < -0.39 is 76.3 Å². The fraction of sp³-hybridized carbons (Fsp3) is 0.640. The van der Waals surface area contributed by atoms with Gasteiger partial charge in [0.1, 0.15) is 0 Å². The van der Waals surface area contributed by atoms with E-state index in [1.54, 1.807) is 78.2 Å². The van der Waals surface area contributed by atoms with Crippen LogP contribution in [-0.4, -0.2) is 172 Å². The van der Waals surface area contributed by atoms with Crippen LogP contribution in [0.25, 0.3) is 0 Å². The fourth-order valence-corrected chi connectivity index (χ4v) is 31.2. The molecule has 1 unspecified atom stereocenters. The normalized spacial score (nSPS) is 13.9. The van der Waals surface area contributed by atoms with Gasteiger partial charge in [0.05, 0.1) is 24.2 Å². The quantitative estimate of drug-likeness (QED) is 0.0270. The fourth-order valence-electron chi connectivity index (χ4n) is 7.92. The summed E-state index contributed by atoms with van der Waals surface area (Å²) in [5.74, 6) is 2.98. The molecule has 3 rings (SSSR count). The van der Waals surface area contributed by atoms with Crippen LogP contribution in [0.2, 0.25) is 96.7 Å². The first-order valence-corrected chi connectivity index (χ1v) is 52.0. The number of rotatable bonds is 33. The average Bonchev–Trinajstić information content (AvgIpc) is 3.39. The van der Waals surface area contributed by atoms with Gasteiger partial charge >= 0.3 is 43.8 Å². The zero-order valence-corrected chi connectivity index (χ0v) is 61.9. The van der Waals surface area contributed by atoms with Gasteiger partial charge < -0.3 is 56.9 Å². The Balaban J connectivity index is 0.000000597. The molecule has 432 valence electrons. The lowest BCUT2D eigenvalue weighted by atomic mass is 10.4. The monoisotopic (exact) mass is 1260 g/mol. The Labute approximate surface area is 479 Å². The lowest BCUT2D eigenvalue weighted by Gasteiger charge is -2.35. The second-order valence-electron chi connectivity index (χ2n) is 21.9. The number of hydrogen-bond donors (Lipinski definition) is 1. The minimum atomic E-state index is -2.98. The van der Waals surface area contributed by atoms with E-state index in [1.165, 1.54) is 15.6 Å². The van der Waals surface area contributed by atoms with Crippen molar-refractivity contribution in [3.8, 4) is 0 Å². The molecule has 1 atom stereocenters. The standard InChI is InChI=1S/C22H46O6S2Si4.C16H32O4SSi3.C12H22O3Si2/c1-23-33(24-2,25-3)20-12-18-30-29-17-11-19-32(9,10)28-34(26-4,27-5)22-15-13-21(14-16-22)31(6,7)8;1-17-23(7,14-8-13-21)20-24(18-2,19-3)16-11-9-15(10-12-16)22(4,5)6;1-13-17(14-2,15-3)12-9-7-11(8-10-12)16(4,5)6/h13-16H,11-12,17-20H2,1-10H3;9-12,21H,8,13-14H2,1-7H3;7-10H,1-6H3. The summed E-state index contributed by atoms with van der Waals surface area (Å²) in [6, 6.07) is 28.6. The number of hydrogen-bond acceptors (Lipinski definition) is 16. The molecule has 75 heavy (non-hydrogen) atoms. The Kier molecular flexibility index (Phi) is 33.1. The van der Waals surface area contributed by atoms with E-state index in [0.717, 1.165) is 70.2 Å². The van der Waals surface area contributed by atoms with Crippen molar-refractivity contribution in [3.05, 3.63) is 72.8 Å². The number of benzene rings is 3. The van der Waals surface area contributed by atoms with Crippen LogP contribution in [0.3, 0.4) is 0 Å². The van der Waals surface area contributed by atoms with Crippen molar-refractivity contribution in [2.45, 2.75) is 116 Å². The largest absolute Gasteiger partial charge is 0.536 e. The van der Waals surface area contributed by atoms with Crippen molar-refractivity contribution in [2.75, 3.05) is 95.5 Å². The average molecular weight is 1260 g/mol. The van der Waals surface area contributed by atoms with Crippen molar-refractivity contribution in [1.29, 1.82) is 0 Å². The summed E-state index contributed by atoms with van der Waals surface area (Å²) in [6.07, 6.45) is 3.09. The third-order valence-corrected chi connectivity index (χ3v) is 41.5. The highest BCUT2D eigenvalue weighted by atomic mass is 33.1. The molecule has 0 saturated heterocycles. The van der Waals surface area contributed by atoms with Crippen molar-refractivity contribution in [2.24, 2.45) is 0 Å². The third-order valence-electron chi connectivity index (χ3n) is 12.9. The van der Waals surface area contributed by atoms with E-state index in [9.17, 15) is 0 Å². The lowest BCUT2D eigenvalue weighted by molar-refractivity contribution is 0.123. The Morgan fingerprint density at radius 3 is 0.907 bits per heavy atom. The van der Waals surface area contributed by atoms with E-state index in [2.05, 4.69) is 164 Å². The zero-order chi connectivity index (χ0) is 57.4. The maximum absolute atomic E-state index is 6.75. The minimum Gasteiger partial charge on any atom is -0.412 e.